The third-order valence-corrected chi connectivity index (χ3v) is 4.05. The van der Waals surface area contributed by atoms with Crippen molar-refractivity contribution in [2.75, 3.05) is 26.4 Å². The van der Waals surface area contributed by atoms with Gasteiger partial charge in [0, 0.05) is 6.61 Å². The van der Waals surface area contributed by atoms with Crippen molar-refractivity contribution in [3.05, 3.63) is 12.2 Å². The maximum absolute atomic E-state index is 11.7. The Kier molecular flexibility index (Phi) is 16.8. The van der Waals surface area contributed by atoms with Crippen LogP contribution < -0.4 is 5.32 Å². The second kappa shape index (κ2) is 17.5. The van der Waals surface area contributed by atoms with Gasteiger partial charge in [0.25, 0.3) is 0 Å². The molecule has 0 atom stereocenters. The fraction of sp³-hybridized carbons (Fsp3) is 0.842. The van der Waals surface area contributed by atoms with Crippen LogP contribution in [0.15, 0.2) is 12.2 Å². The van der Waals surface area contributed by atoms with E-state index in [1.807, 2.05) is 6.08 Å². The van der Waals surface area contributed by atoms with Crippen molar-refractivity contribution in [3.63, 3.8) is 0 Å². The van der Waals surface area contributed by atoms with Gasteiger partial charge in [-0.25, -0.2) is 0 Å². The summed E-state index contributed by atoms with van der Waals surface area (Å²) in [5.74, 6) is 0.0171. The van der Waals surface area contributed by atoms with Gasteiger partial charge in [0.05, 0.1) is 6.67 Å². The van der Waals surface area contributed by atoms with Gasteiger partial charge in [0.1, 0.15) is 0 Å². The number of carbonyl (C=O) groups excluding carboxylic acids is 1. The van der Waals surface area contributed by atoms with Crippen LogP contribution in [0.2, 0.25) is 0 Å². The fourth-order valence-electron chi connectivity index (χ4n) is 2.44. The summed E-state index contributed by atoms with van der Waals surface area (Å²) >= 11 is 0. The summed E-state index contributed by atoms with van der Waals surface area (Å²) < 4.78 is 0. The van der Waals surface area contributed by atoms with Gasteiger partial charge in [0.2, 0.25) is 5.91 Å². The SMILES string of the molecule is CCCC/C=C/C(=O)NCN(CC)CCCCCCCCCO. The van der Waals surface area contributed by atoms with E-state index in [0.29, 0.717) is 13.3 Å². The van der Waals surface area contributed by atoms with E-state index in [0.717, 1.165) is 45.2 Å². The highest BCUT2D eigenvalue weighted by Gasteiger charge is 2.03. The Morgan fingerprint density at radius 3 is 2.26 bits per heavy atom. The van der Waals surface area contributed by atoms with Crippen molar-refractivity contribution in [3.8, 4) is 0 Å². The Balaban J connectivity index is 3.58. The first kappa shape index (κ1) is 22.1. The number of unbranched alkanes of at least 4 members (excludes halogenated alkanes) is 8. The molecular formula is C19H38N2O2. The number of nitrogens with one attached hydrogen (secondary N) is 1. The predicted molar refractivity (Wildman–Crippen MR) is 98.3 cm³/mol. The van der Waals surface area contributed by atoms with Crippen molar-refractivity contribution < 1.29 is 9.90 Å². The first-order valence-electron chi connectivity index (χ1n) is 9.52. The van der Waals surface area contributed by atoms with Gasteiger partial charge in [0.15, 0.2) is 0 Å². The van der Waals surface area contributed by atoms with Crippen LogP contribution in [-0.2, 0) is 4.79 Å². The van der Waals surface area contributed by atoms with Crippen molar-refractivity contribution in [2.24, 2.45) is 0 Å². The molecule has 23 heavy (non-hydrogen) atoms. The van der Waals surface area contributed by atoms with E-state index in [-0.39, 0.29) is 5.91 Å². The van der Waals surface area contributed by atoms with Gasteiger partial charge in [-0.2, -0.15) is 0 Å². The van der Waals surface area contributed by atoms with Crippen LogP contribution in [0.1, 0.15) is 78.1 Å². The molecule has 0 spiro atoms. The molecule has 0 aliphatic carbocycles. The smallest absolute Gasteiger partial charge is 0.244 e. The van der Waals surface area contributed by atoms with Crippen LogP contribution in [0.5, 0.6) is 0 Å². The molecule has 1 amide bonds. The summed E-state index contributed by atoms with van der Waals surface area (Å²) in [5.41, 5.74) is 0. The third kappa shape index (κ3) is 15.8. The number of aliphatic hydroxyl groups is 1. The van der Waals surface area contributed by atoms with E-state index in [9.17, 15) is 4.79 Å². The number of hydrogen-bond acceptors (Lipinski definition) is 3. The molecule has 0 aliphatic rings. The molecule has 0 radical (unpaired) electrons. The number of carbonyl (C=O) groups is 1. The summed E-state index contributed by atoms with van der Waals surface area (Å²) in [6.45, 7) is 7.28. The number of hydrogen-bond donors (Lipinski definition) is 2. The van der Waals surface area contributed by atoms with Crippen LogP contribution in [0, 0.1) is 0 Å². The molecule has 0 aromatic rings. The van der Waals surface area contributed by atoms with Gasteiger partial charge < -0.3 is 10.4 Å². The van der Waals surface area contributed by atoms with Crippen molar-refractivity contribution >= 4 is 5.91 Å². The van der Waals surface area contributed by atoms with Crippen molar-refractivity contribution in [1.29, 1.82) is 0 Å². The Labute approximate surface area is 143 Å². The third-order valence-electron chi connectivity index (χ3n) is 4.05. The molecule has 0 saturated heterocycles. The molecule has 0 heterocycles. The van der Waals surface area contributed by atoms with Gasteiger partial charge in [-0.1, -0.05) is 64.9 Å². The zero-order valence-corrected chi connectivity index (χ0v) is 15.4. The Hall–Kier alpha value is -0.870. The molecule has 4 heteroatoms. The quantitative estimate of drug-likeness (QED) is 0.257. The largest absolute Gasteiger partial charge is 0.396 e. The topological polar surface area (TPSA) is 52.6 Å². The lowest BCUT2D eigenvalue weighted by Crippen LogP contribution is -2.37. The summed E-state index contributed by atoms with van der Waals surface area (Å²) in [7, 11) is 0. The molecule has 2 N–H and O–H groups in total. The van der Waals surface area contributed by atoms with E-state index in [1.54, 1.807) is 6.08 Å². The summed E-state index contributed by atoms with van der Waals surface area (Å²) in [6, 6.07) is 0. The fourth-order valence-corrected chi connectivity index (χ4v) is 2.44. The number of amides is 1. The molecule has 0 aromatic carbocycles. The van der Waals surface area contributed by atoms with E-state index < -0.39 is 0 Å². The van der Waals surface area contributed by atoms with Crippen LogP contribution in [-0.4, -0.2) is 42.3 Å². The minimum Gasteiger partial charge on any atom is -0.396 e. The normalized spacial score (nSPS) is 11.5. The van der Waals surface area contributed by atoms with Crippen molar-refractivity contribution in [1.82, 2.24) is 10.2 Å². The lowest BCUT2D eigenvalue weighted by Gasteiger charge is -2.20. The highest BCUT2D eigenvalue weighted by Crippen LogP contribution is 2.07. The van der Waals surface area contributed by atoms with E-state index in [1.165, 1.54) is 32.1 Å². The Morgan fingerprint density at radius 2 is 1.65 bits per heavy atom. The molecule has 0 fully saturated rings. The first-order valence-corrected chi connectivity index (χ1v) is 9.52. The Bertz CT molecular complexity index is 293. The second-order valence-corrected chi connectivity index (χ2v) is 6.15. The summed E-state index contributed by atoms with van der Waals surface area (Å²) in [4.78, 5) is 14.0. The average molecular weight is 327 g/mol. The van der Waals surface area contributed by atoms with Crippen LogP contribution in [0.4, 0.5) is 0 Å². The Morgan fingerprint density at radius 1 is 1.00 bits per heavy atom. The zero-order chi connectivity index (χ0) is 17.2. The highest BCUT2D eigenvalue weighted by atomic mass is 16.2. The first-order chi connectivity index (χ1) is 11.2. The monoisotopic (exact) mass is 326 g/mol. The molecule has 0 rings (SSSR count). The van der Waals surface area contributed by atoms with Crippen molar-refractivity contribution in [2.45, 2.75) is 78.1 Å². The summed E-state index contributed by atoms with van der Waals surface area (Å²) in [6.07, 6.45) is 15.2. The zero-order valence-electron chi connectivity index (χ0n) is 15.4. The number of allylic oxidation sites excluding steroid dienone is 1. The number of aliphatic hydroxyl groups excluding tert-OH is 1. The van der Waals surface area contributed by atoms with Gasteiger partial charge in [-0.05, 0) is 38.4 Å². The molecule has 0 aromatic heterocycles. The molecular weight excluding hydrogens is 288 g/mol. The molecule has 0 bridgehead atoms. The van der Waals surface area contributed by atoms with Gasteiger partial charge in [-0.3, -0.25) is 9.69 Å². The van der Waals surface area contributed by atoms with Crippen LogP contribution >= 0.6 is 0 Å². The number of nitrogens with zero attached hydrogens (tertiary/aromatic N) is 1. The summed E-state index contributed by atoms with van der Waals surface area (Å²) in [5, 5.41) is 11.7. The van der Waals surface area contributed by atoms with Gasteiger partial charge in [-0.15, -0.1) is 0 Å². The molecule has 136 valence electrons. The van der Waals surface area contributed by atoms with E-state index >= 15 is 0 Å². The van der Waals surface area contributed by atoms with Crippen LogP contribution in [0.25, 0.3) is 0 Å². The average Bonchev–Trinajstić information content (AvgIpc) is 2.56. The van der Waals surface area contributed by atoms with Crippen LogP contribution in [0.3, 0.4) is 0 Å². The van der Waals surface area contributed by atoms with E-state index in [2.05, 4.69) is 24.1 Å². The van der Waals surface area contributed by atoms with E-state index in [4.69, 9.17) is 5.11 Å². The number of rotatable bonds is 16. The maximum Gasteiger partial charge on any atom is 0.244 e. The standard InChI is InChI=1S/C19H38N2O2/c1-3-5-6-12-15-19(23)20-18-21(4-2)16-13-10-8-7-9-11-14-17-22/h12,15,22H,3-11,13-14,16-18H2,1-2H3,(H,20,23)/b15-12+. The molecule has 0 unspecified atom stereocenters. The molecule has 4 nitrogen and oxygen atoms in total. The molecule has 0 aliphatic heterocycles. The lowest BCUT2D eigenvalue weighted by atomic mass is 10.1. The minimum atomic E-state index is 0.0171. The van der Waals surface area contributed by atoms with Gasteiger partial charge >= 0.3 is 0 Å². The molecule has 0 saturated carbocycles. The minimum absolute atomic E-state index is 0.0171. The maximum atomic E-state index is 11.7. The highest BCUT2D eigenvalue weighted by molar-refractivity contribution is 5.87. The second-order valence-electron chi connectivity index (χ2n) is 6.15. The predicted octanol–water partition coefficient (Wildman–Crippen LogP) is 3.85. The lowest BCUT2D eigenvalue weighted by molar-refractivity contribution is -0.117.